The molecule has 0 aliphatic rings. The lowest BCUT2D eigenvalue weighted by Gasteiger charge is -2.19. The van der Waals surface area contributed by atoms with Crippen molar-refractivity contribution >= 4 is 11.6 Å². The lowest BCUT2D eigenvalue weighted by molar-refractivity contribution is 0.591. The zero-order valence-corrected chi connectivity index (χ0v) is 9.57. The first-order valence-corrected chi connectivity index (χ1v) is 5.06. The summed E-state index contributed by atoms with van der Waals surface area (Å²) in [6.07, 6.45) is 1.97. The number of nitrogens with one attached hydrogen (secondary N) is 1. The van der Waals surface area contributed by atoms with Gasteiger partial charge < -0.3 is 5.32 Å². The van der Waals surface area contributed by atoms with E-state index in [9.17, 15) is 0 Å². The van der Waals surface area contributed by atoms with Crippen LogP contribution in [0.1, 0.15) is 26.3 Å². The second-order valence-electron chi connectivity index (χ2n) is 4.64. The first-order valence-electron chi connectivity index (χ1n) is 5.06. The number of aromatic nitrogens is 3. The highest BCUT2D eigenvalue weighted by Crippen LogP contribution is 2.26. The Hall–Kier alpha value is -1.58. The molecule has 0 radical (unpaired) electrons. The lowest BCUT2D eigenvalue weighted by Crippen LogP contribution is -2.13. The molecule has 0 atom stereocenters. The second kappa shape index (κ2) is 3.22. The van der Waals surface area contributed by atoms with E-state index in [-0.39, 0.29) is 5.41 Å². The van der Waals surface area contributed by atoms with Gasteiger partial charge in [-0.3, -0.25) is 4.40 Å². The molecule has 2 aromatic heterocycles. The third-order valence-corrected chi connectivity index (χ3v) is 2.47. The third-order valence-electron chi connectivity index (χ3n) is 2.47. The van der Waals surface area contributed by atoms with E-state index in [4.69, 9.17) is 0 Å². The molecule has 0 aromatic carbocycles. The van der Waals surface area contributed by atoms with Gasteiger partial charge in [-0.25, -0.2) is 0 Å². The molecule has 0 amide bonds. The summed E-state index contributed by atoms with van der Waals surface area (Å²) in [5.74, 6) is 0.774. The van der Waals surface area contributed by atoms with Crippen LogP contribution in [0.2, 0.25) is 0 Å². The summed E-state index contributed by atoms with van der Waals surface area (Å²) in [5.41, 5.74) is 2.22. The van der Waals surface area contributed by atoms with Crippen LogP contribution in [0.25, 0.3) is 5.65 Å². The van der Waals surface area contributed by atoms with Crippen molar-refractivity contribution in [1.29, 1.82) is 0 Å². The Morgan fingerprint density at radius 1 is 1.27 bits per heavy atom. The molecule has 0 spiro atoms. The summed E-state index contributed by atoms with van der Waals surface area (Å²) >= 11 is 0. The SMILES string of the molecule is CNc1nnc2c(C(C)(C)C)cccn12. The first-order chi connectivity index (χ1) is 7.04. The Labute approximate surface area is 89.3 Å². The number of nitrogens with zero attached hydrogens (tertiary/aromatic N) is 3. The molecule has 0 aliphatic carbocycles. The molecule has 0 bridgehead atoms. The molecule has 15 heavy (non-hydrogen) atoms. The van der Waals surface area contributed by atoms with Crippen LogP contribution < -0.4 is 5.32 Å². The van der Waals surface area contributed by atoms with Crippen LogP contribution in [-0.4, -0.2) is 21.6 Å². The minimum absolute atomic E-state index is 0.0839. The Bertz CT molecular complexity index is 479. The predicted molar refractivity (Wildman–Crippen MR) is 61.2 cm³/mol. The summed E-state index contributed by atoms with van der Waals surface area (Å²) in [6, 6.07) is 4.13. The average molecular weight is 204 g/mol. The van der Waals surface area contributed by atoms with Crippen LogP contribution in [-0.2, 0) is 5.41 Å². The standard InChI is InChI=1S/C11H16N4/c1-11(2,3)8-6-5-7-15-9(8)13-14-10(15)12-4/h5-7H,1-4H3,(H,12,14). The van der Waals surface area contributed by atoms with Gasteiger partial charge in [-0.2, -0.15) is 0 Å². The zero-order chi connectivity index (χ0) is 11.1. The summed E-state index contributed by atoms with van der Waals surface area (Å²) < 4.78 is 1.97. The van der Waals surface area contributed by atoms with Crippen molar-refractivity contribution in [2.45, 2.75) is 26.2 Å². The topological polar surface area (TPSA) is 42.2 Å². The van der Waals surface area contributed by atoms with Gasteiger partial charge in [0.15, 0.2) is 5.65 Å². The van der Waals surface area contributed by atoms with Crippen molar-refractivity contribution in [2.75, 3.05) is 12.4 Å². The number of pyridine rings is 1. The molecule has 80 valence electrons. The van der Waals surface area contributed by atoms with E-state index in [0.717, 1.165) is 11.6 Å². The van der Waals surface area contributed by atoms with Crippen LogP contribution in [0, 0.1) is 0 Å². The van der Waals surface area contributed by atoms with Gasteiger partial charge in [0, 0.05) is 18.8 Å². The molecule has 0 saturated carbocycles. The smallest absolute Gasteiger partial charge is 0.228 e. The predicted octanol–water partition coefficient (Wildman–Crippen LogP) is 2.07. The summed E-state index contributed by atoms with van der Waals surface area (Å²) in [6.45, 7) is 6.53. The van der Waals surface area contributed by atoms with Crippen LogP contribution in [0.15, 0.2) is 18.3 Å². The van der Waals surface area contributed by atoms with Crippen molar-refractivity contribution in [3.8, 4) is 0 Å². The maximum absolute atomic E-state index is 4.21. The highest BCUT2D eigenvalue weighted by molar-refractivity contribution is 5.54. The van der Waals surface area contributed by atoms with E-state index in [0.29, 0.717) is 0 Å². The van der Waals surface area contributed by atoms with E-state index >= 15 is 0 Å². The molecule has 2 rings (SSSR count). The van der Waals surface area contributed by atoms with Crippen molar-refractivity contribution in [3.05, 3.63) is 23.9 Å². The van der Waals surface area contributed by atoms with Crippen LogP contribution in [0.4, 0.5) is 5.95 Å². The number of fused-ring (bicyclic) bond motifs is 1. The second-order valence-corrected chi connectivity index (χ2v) is 4.64. The highest BCUT2D eigenvalue weighted by atomic mass is 15.3. The average Bonchev–Trinajstić information content (AvgIpc) is 2.58. The van der Waals surface area contributed by atoms with E-state index < -0.39 is 0 Å². The molecular weight excluding hydrogens is 188 g/mol. The quantitative estimate of drug-likeness (QED) is 0.773. The third kappa shape index (κ3) is 1.56. The minimum Gasteiger partial charge on any atom is -0.357 e. The monoisotopic (exact) mass is 204 g/mol. The van der Waals surface area contributed by atoms with Gasteiger partial charge in [0.25, 0.3) is 0 Å². The summed E-state index contributed by atoms with van der Waals surface area (Å²) in [4.78, 5) is 0. The van der Waals surface area contributed by atoms with Gasteiger partial charge in [0.2, 0.25) is 5.95 Å². The van der Waals surface area contributed by atoms with Gasteiger partial charge in [0.1, 0.15) is 0 Å². The van der Waals surface area contributed by atoms with Gasteiger partial charge in [-0.05, 0) is 11.5 Å². The molecule has 1 N–H and O–H groups in total. The van der Waals surface area contributed by atoms with Gasteiger partial charge in [-0.15, -0.1) is 10.2 Å². The Morgan fingerprint density at radius 3 is 2.60 bits per heavy atom. The highest BCUT2D eigenvalue weighted by Gasteiger charge is 2.19. The number of anilines is 1. The number of rotatable bonds is 1. The van der Waals surface area contributed by atoms with Crippen molar-refractivity contribution < 1.29 is 0 Å². The normalized spacial score (nSPS) is 12.0. The fourth-order valence-corrected chi connectivity index (χ4v) is 1.67. The van der Waals surface area contributed by atoms with Crippen LogP contribution >= 0.6 is 0 Å². The summed E-state index contributed by atoms with van der Waals surface area (Å²) in [7, 11) is 1.85. The van der Waals surface area contributed by atoms with E-state index in [1.165, 1.54) is 5.56 Å². The Balaban J connectivity index is 2.73. The van der Waals surface area contributed by atoms with E-state index in [1.54, 1.807) is 0 Å². The minimum atomic E-state index is 0.0839. The zero-order valence-electron chi connectivity index (χ0n) is 9.57. The van der Waals surface area contributed by atoms with Crippen molar-refractivity contribution in [2.24, 2.45) is 0 Å². The van der Waals surface area contributed by atoms with Crippen molar-refractivity contribution in [1.82, 2.24) is 14.6 Å². The Kier molecular flexibility index (Phi) is 2.14. The van der Waals surface area contributed by atoms with Crippen LogP contribution in [0.5, 0.6) is 0 Å². The van der Waals surface area contributed by atoms with E-state index in [2.05, 4.69) is 42.4 Å². The first kappa shape index (κ1) is 9.96. The lowest BCUT2D eigenvalue weighted by atomic mass is 9.88. The molecule has 0 aliphatic heterocycles. The van der Waals surface area contributed by atoms with Gasteiger partial charge in [0.05, 0.1) is 0 Å². The molecular formula is C11H16N4. The molecule has 0 fully saturated rings. The van der Waals surface area contributed by atoms with Gasteiger partial charge in [-0.1, -0.05) is 26.8 Å². The largest absolute Gasteiger partial charge is 0.357 e. The fourth-order valence-electron chi connectivity index (χ4n) is 1.67. The number of hydrogen-bond acceptors (Lipinski definition) is 3. The molecule has 2 aromatic rings. The van der Waals surface area contributed by atoms with Crippen LogP contribution in [0.3, 0.4) is 0 Å². The maximum Gasteiger partial charge on any atom is 0.228 e. The Morgan fingerprint density at radius 2 is 2.00 bits per heavy atom. The van der Waals surface area contributed by atoms with E-state index in [1.807, 2.05) is 23.7 Å². The molecule has 4 nitrogen and oxygen atoms in total. The van der Waals surface area contributed by atoms with Crippen molar-refractivity contribution in [3.63, 3.8) is 0 Å². The molecule has 2 heterocycles. The number of hydrogen-bond donors (Lipinski definition) is 1. The fraction of sp³-hybridized carbons (Fsp3) is 0.455. The summed E-state index contributed by atoms with van der Waals surface area (Å²) in [5, 5.41) is 11.3. The molecule has 4 heteroatoms. The van der Waals surface area contributed by atoms with Gasteiger partial charge >= 0.3 is 0 Å². The maximum atomic E-state index is 4.21. The molecule has 0 unspecified atom stereocenters. The molecule has 0 saturated heterocycles.